The van der Waals surface area contributed by atoms with Crippen LogP contribution >= 0.6 is 0 Å². The smallest absolute Gasteiger partial charge is 0.254 e. The molecule has 1 N–H and O–H groups in total. The van der Waals surface area contributed by atoms with E-state index in [1.54, 1.807) is 47.2 Å². The number of amides is 3. The summed E-state index contributed by atoms with van der Waals surface area (Å²) >= 11 is 0. The summed E-state index contributed by atoms with van der Waals surface area (Å²) in [6.45, 7) is 7.71. The highest BCUT2D eigenvalue weighted by Gasteiger charge is 2.31. The number of aryl methyl sites for hydroxylation is 1. The van der Waals surface area contributed by atoms with Crippen LogP contribution in [0.4, 0.5) is 0 Å². The molecule has 1 heterocycles. The molecule has 33 heavy (non-hydrogen) atoms. The van der Waals surface area contributed by atoms with Gasteiger partial charge in [0.05, 0.1) is 7.11 Å². The number of hydrogen-bond acceptors (Lipinski definition) is 4. The van der Waals surface area contributed by atoms with Gasteiger partial charge in [0.25, 0.3) is 11.8 Å². The molecule has 7 nitrogen and oxygen atoms in total. The number of nitrogens with one attached hydrogen (secondary N) is 1. The minimum atomic E-state index is -0.599. The maximum absolute atomic E-state index is 13.3. The highest BCUT2D eigenvalue weighted by molar-refractivity contribution is 5.98. The molecular formula is C26H33N3O4. The molecule has 2 aromatic carbocycles. The Morgan fingerprint density at radius 1 is 0.970 bits per heavy atom. The number of nitrogens with zero attached hydrogens (tertiary/aromatic N) is 2. The van der Waals surface area contributed by atoms with Crippen molar-refractivity contribution in [1.82, 2.24) is 15.1 Å². The van der Waals surface area contributed by atoms with Gasteiger partial charge >= 0.3 is 0 Å². The van der Waals surface area contributed by atoms with E-state index >= 15 is 0 Å². The van der Waals surface area contributed by atoms with Gasteiger partial charge in [-0.3, -0.25) is 14.4 Å². The molecule has 1 fully saturated rings. The van der Waals surface area contributed by atoms with Crippen LogP contribution in [0, 0.1) is 12.8 Å². The van der Waals surface area contributed by atoms with Crippen LogP contribution in [-0.4, -0.2) is 66.9 Å². The topological polar surface area (TPSA) is 79.0 Å². The second-order valence-electron chi connectivity index (χ2n) is 8.82. The van der Waals surface area contributed by atoms with Crippen molar-refractivity contribution >= 4 is 17.7 Å². The average Bonchev–Trinajstić information content (AvgIpc) is 2.82. The average molecular weight is 452 g/mol. The molecular weight excluding hydrogens is 418 g/mol. The monoisotopic (exact) mass is 451 g/mol. The Morgan fingerprint density at radius 3 is 2.27 bits per heavy atom. The molecule has 0 aliphatic carbocycles. The minimum absolute atomic E-state index is 0.0763. The molecule has 0 bridgehead atoms. The van der Waals surface area contributed by atoms with Gasteiger partial charge < -0.3 is 19.9 Å². The molecule has 1 unspecified atom stereocenters. The van der Waals surface area contributed by atoms with Gasteiger partial charge in [0.15, 0.2) is 0 Å². The lowest BCUT2D eigenvalue weighted by Gasteiger charge is -2.37. The summed E-state index contributed by atoms with van der Waals surface area (Å²) in [6, 6.07) is 13.8. The third-order valence-electron chi connectivity index (χ3n) is 5.90. The van der Waals surface area contributed by atoms with Crippen molar-refractivity contribution in [1.29, 1.82) is 0 Å². The van der Waals surface area contributed by atoms with Crippen molar-refractivity contribution in [2.45, 2.75) is 33.2 Å². The number of piperazine rings is 1. The first-order valence-corrected chi connectivity index (χ1v) is 11.4. The van der Waals surface area contributed by atoms with Gasteiger partial charge in [-0.05, 0) is 49.1 Å². The Morgan fingerprint density at radius 2 is 1.64 bits per heavy atom. The maximum atomic E-state index is 13.3. The highest BCUT2D eigenvalue weighted by Crippen LogP contribution is 2.17. The van der Waals surface area contributed by atoms with Crippen LogP contribution in [0.2, 0.25) is 0 Å². The first-order chi connectivity index (χ1) is 15.8. The quantitative estimate of drug-likeness (QED) is 0.702. The number of rotatable bonds is 7. The van der Waals surface area contributed by atoms with E-state index in [1.165, 1.54) is 0 Å². The number of carbonyl (C=O) groups is 3. The van der Waals surface area contributed by atoms with Gasteiger partial charge in [0, 0.05) is 37.3 Å². The zero-order chi connectivity index (χ0) is 24.0. The second-order valence-corrected chi connectivity index (χ2v) is 8.82. The molecule has 3 rings (SSSR count). The van der Waals surface area contributed by atoms with E-state index in [0.29, 0.717) is 49.5 Å². The van der Waals surface area contributed by atoms with Crippen LogP contribution in [0.25, 0.3) is 0 Å². The summed E-state index contributed by atoms with van der Waals surface area (Å²) in [5, 5.41) is 2.95. The van der Waals surface area contributed by atoms with Gasteiger partial charge in [-0.2, -0.15) is 0 Å². The van der Waals surface area contributed by atoms with Crippen LogP contribution in [-0.2, 0) is 4.79 Å². The van der Waals surface area contributed by atoms with E-state index in [4.69, 9.17) is 4.74 Å². The Labute approximate surface area is 195 Å². The lowest BCUT2D eigenvalue weighted by Crippen LogP contribution is -2.56. The third-order valence-corrected chi connectivity index (χ3v) is 5.90. The molecule has 0 aromatic heterocycles. The fourth-order valence-electron chi connectivity index (χ4n) is 4.05. The van der Waals surface area contributed by atoms with Gasteiger partial charge in [-0.25, -0.2) is 0 Å². The SMILES string of the molecule is COc1cccc(C(=O)N2CCN(C(=O)C(CC(C)C)NC(=O)c3ccccc3C)CC2)c1. The normalized spacial score (nSPS) is 14.7. The number of benzene rings is 2. The van der Waals surface area contributed by atoms with Crippen molar-refractivity contribution in [3.63, 3.8) is 0 Å². The lowest BCUT2D eigenvalue weighted by atomic mass is 10.0. The van der Waals surface area contributed by atoms with E-state index in [1.807, 2.05) is 39.0 Å². The first-order valence-electron chi connectivity index (χ1n) is 11.4. The Bertz CT molecular complexity index is 997. The number of hydrogen-bond donors (Lipinski definition) is 1. The first kappa shape index (κ1) is 24.3. The molecule has 176 valence electrons. The molecule has 0 radical (unpaired) electrons. The predicted octanol–water partition coefficient (Wildman–Crippen LogP) is 3.13. The van der Waals surface area contributed by atoms with Gasteiger partial charge in [0.2, 0.25) is 5.91 Å². The summed E-state index contributed by atoms with van der Waals surface area (Å²) in [4.78, 5) is 42.5. The standard InChI is InChI=1S/C26H33N3O4/c1-18(2)16-23(27-24(30)22-11-6-5-8-19(22)3)26(32)29-14-12-28(13-15-29)25(31)20-9-7-10-21(17-20)33-4/h5-11,17-18,23H,12-16H2,1-4H3,(H,27,30). The van der Waals surface area contributed by atoms with Crippen LogP contribution in [0.5, 0.6) is 5.75 Å². The largest absolute Gasteiger partial charge is 0.497 e. The summed E-state index contributed by atoms with van der Waals surface area (Å²) in [5.41, 5.74) is 2.01. The summed E-state index contributed by atoms with van der Waals surface area (Å²) < 4.78 is 5.21. The second kappa shape index (κ2) is 11.0. The van der Waals surface area contributed by atoms with E-state index in [-0.39, 0.29) is 23.6 Å². The van der Waals surface area contributed by atoms with E-state index in [0.717, 1.165) is 5.56 Å². The van der Waals surface area contributed by atoms with Crippen molar-refractivity contribution < 1.29 is 19.1 Å². The summed E-state index contributed by atoms with van der Waals surface area (Å²) in [7, 11) is 1.57. The van der Waals surface area contributed by atoms with Crippen LogP contribution in [0.15, 0.2) is 48.5 Å². The molecule has 0 spiro atoms. The Hall–Kier alpha value is -3.35. The van der Waals surface area contributed by atoms with Crippen LogP contribution in [0.3, 0.4) is 0 Å². The highest BCUT2D eigenvalue weighted by atomic mass is 16.5. The van der Waals surface area contributed by atoms with Crippen LogP contribution < -0.4 is 10.1 Å². The van der Waals surface area contributed by atoms with E-state index in [2.05, 4.69) is 5.32 Å². The minimum Gasteiger partial charge on any atom is -0.497 e. The molecule has 0 saturated carbocycles. The molecule has 1 aliphatic rings. The molecule has 3 amide bonds. The molecule has 2 aromatic rings. The van der Waals surface area contributed by atoms with Crippen LogP contribution in [0.1, 0.15) is 46.5 Å². The fraction of sp³-hybridized carbons (Fsp3) is 0.423. The van der Waals surface area contributed by atoms with Crippen molar-refractivity contribution in [2.24, 2.45) is 5.92 Å². The Kier molecular flexibility index (Phi) is 8.09. The summed E-state index contributed by atoms with van der Waals surface area (Å²) in [5.74, 6) is 0.466. The lowest BCUT2D eigenvalue weighted by molar-refractivity contribution is -0.135. The van der Waals surface area contributed by atoms with Gasteiger partial charge in [-0.15, -0.1) is 0 Å². The van der Waals surface area contributed by atoms with E-state index < -0.39 is 6.04 Å². The molecule has 1 saturated heterocycles. The van der Waals surface area contributed by atoms with Gasteiger partial charge in [-0.1, -0.05) is 38.1 Å². The Balaban J connectivity index is 1.64. The number of ether oxygens (including phenoxy) is 1. The van der Waals surface area contributed by atoms with E-state index in [9.17, 15) is 14.4 Å². The molecule has 7 heteroatoms. The number of methoxy groups -OCH3 is 1. The molecule has 1 aliphatic heterocycles. The van der Waals surface area contributed by atoms with Crippen molar-refractivity contribution in [3.8, 4) is 5.75 Å². The maximum Gasteiger partial charge on any atom is 0.254 e. The predicted molar refractivity (Wildman–Crippen MR) is 127 cm³/mol. The zero-order valence-corrected chi connectivity index (χ0v) is 19.8. The zero-order valence-electron chi connectivity index (χ0n) is 19.8. The van der Waals surface area contributed by atoms with Crippen molar-refractivity contribution in [3.05, 3.63) is 65.2 Å². The number of carbonyl (C=O) groups excluding carboxylic acids is 3. The van der Waals surface area contributed by atoms with Crippen molar-refractivity contribution in [2.75, 3.05) is 33.3 Å². The van der Waals surface area contributed by atoms with Gasteiger partial charge in [0.1, 0.15) is 11.8 Å². The summed E-state index contributed by atoms with van der Waals surface area (Å²) in [6.07, 6.45) is 0.555. The third kappa shape index (κ3) is 6.12. The molecule has 1 atom stereocenters. The fourth-order valence-corrected chi connectivity index (χ4v) is 4.05.